The number of rotatable bonds is 6. The van der Waals surface area contributed by atoms with Crippen molar-refractivity contribution in [1.82, 2.24) is 10.1 Å². The lowest BCUT2D eigenvalue weighted by molar-refractivity contribution is -0.138. The Labute approximate surface area is 167 Å². The molecule has 28 heavy (non-hydrogen) atoms. The van der Waals surface area contributed by atoms with Gasteiger partial charge >= 0.3 is 0 Å². The number of nitrogens with two attached hydrogens (primary N) is 1. The Bertz CT molecular complexity index is 696. The first-order valence-corrected chi connectivity index (χ1v) is 11.1. The van der Waals surface area contributed by atoms with Crippen LogP contribution in [0.2, 0.25) is 0 Å². The Balaban J connectivity index is 1.23. The first kappa shape index (κ1) is 19.6. The van der Waals surface area contributed by atoms with Crippen molar-refractivity contribution >= 4 is 11.7 Å². The van der Waals surface area contributed by atoms with Gasteiger partial charge in [0.1, 0.15) is 11.5 Å². The van der Waals surface area contributed by atoms with Crippen molar-refractivity contribution in [2.75, 3.05) is 13.1 Å². The van der Waals surface area contributed by atoms with Gasteiger partial charge in [-0.15, -0.1) is 0 Å². The summed E-state index contributed by atoms with van der Waals surface area (Å²) in [5, 5.41) is 3.98. The standard InChI is InChI=1S/C22H33N3O3/c1-14(12-20(26)19-13-21(28-24-19)16-2-3-16)15-8-10-25(11-9-15)22(27)17-4-6-18(23)7-5-17/h13-18H,2-12,23H2,1H3/t14-,17?,18?/m1/s1. The molecule has 6 nitrogen and oxygen atoms in total. The number of carbonyl (C=O) groups excluding carboxylic acids is 2. The topological polar surface area (TPSA) is 89.4 Å². The van der Waals surface area contributed by atoms with E-state index < -0.39 is 0 Å². The molecule has 2 heterocycles. The van der Waals surface area contributed by atoms with Crippen LogP contribution in [0.5, 0.6) is 0 Å². The number of carbonyl (C=O) groups is 2. The van der Waals surface area contributed by atoms with Crippen molar-refractivity contribution in [1.29, 1.82) is 0 Å². The first-order chi connectivity index (χ1) is 13.5. The summed E-state index contributed by atoms with van der Waals surface area (Å²) in [6.45, 7) is 3.80. The smallest absolute Gasteiger partial charge is 0.225 e. The first-order valence-electron chi connectivity index (χ1n) is 11.1. The van der Waals surface area contributed by atoms with E-state index in [4.69, 9.17) is 10.3 Å². The summed E-state index contributed by atoms with van der Waals surface area (Å²) in [4.78, 5) is 27.4. The van der Waals surface area contributed by atoms with E-state index in [0.717, 1.165) is 70.2 Å². The molecule has 1 saturated heterocycles. The van der Waals surface area contributed by atoms with Gasteiger partial charge in [0.2, 0.25) is 5.91 Å². The second-order valence-electron chi connectivity index (χ2n) is 9.27. The maximum atomic E-state index is 12.8. The van der Waals surface area contributed by atoms with E-state index in [9.17, 15) is 9.59 Å². The molecule has 154 valence electrons. The lowest BCUT2D eigenvalue weighted by Gasteiger charge is -2.37. The highest BCUT2D eigenvalue weighted by Gasteiger charge is 2.33. The summed E-state index contributed by atoms with van der Waals surface area (Å²) in [6.07, 6.45) is 8.57. The zero-order valence-electron chi connectivity index (χ0n) is 16.9. The van der Waals surface area contributed by atoms with E-state index >= 15 is 0 Å². The van der Waals surface area contributed by atoms with Gasteiger partial charge in [0.25, 0.3) is 0 Å². The monoisotopic (exact) mass is 387 g/mol. The zero-order valence-corrected chi connectivity index (χ0v) is 16.9. The minimum atomic E-state index is 0.0835. The molecular weight excluding hydrogens is 354 g/mol. The van der Waals surface area contributed by atoms with E-state index in [1.807, 2.05) is 11.0 Å². The van der Waals surface area contributed by atoms with Crippen molar-refractivity contribution in [2.45, 2.75) is 76.7 Å². The van der Waals surface area contributed by atoms with Gasteiger partial charge in [-0.3, -0.25) is 9.59 Å². The molecule has 2 saturated carbocycles. The molecule has 2 N–H and O–H groups in total. The van der Waals surface area contributed by atoms with Crippen LogP contribution in [0.1, 0.15) is 86.9 Å². The fourth-order valence-electron chi connectivity index (χ4n) is 4.86. The van der Waals surface area contributed by atoms with E-state index in [1.54, 1.807) is 0 Å². The predicted octanol–water partition coefficient (Wildman–Crippen LogP) is 3.52. The van der Waals surface area contributed by atoms with Crippen LogP contribution in [0.15, 0.2) is 10.6 Å². The minimum Gasteiger partial charge on any atom is -0.360 e. The second kappa shape index (κ2) is 8.36. The average Bonchev–Trinajstić information content (AvgIpc) is 3.44. The van der Waals surface area contributed by atoms with Gasteiger partial charge in [-0.25, -0.2) is 0 Å². The van der Waals surface area contributed by atoms with Crippen LogP contribution in [0.25, 0.3) is 0 Å². The molecule has 0 unspecified atom stereocenters. The van der Waals surface area contributed by atoms with Gasteiger partial charge in [-0.1, -0.05) is 12.1 Å². The second-order valence-corrected chi connectivity index (χ2v) is 9.27. The number of ketones is 1. The highest BCUT2D eigenvalue weighted by atomic mass is 16.5. The Morgan fingerprint density at radius 2 is 1.82 bits per heavy atom. The molecular formula is C22H33N3O3. The molecule has 0 bridgehead atoms. The fraction of sp³-hybridized carbons (Fsp3) is 0.773. The van der Waals surface area contributed by atoms with Crippen LogP contribution >= 0.6 is 0 Å². The summed E-state index contributed by atoms with van der Waals surface area (Å²) in [5.74, 6) is 2.72. The van der Waals surface area contributed by atoms with Crippen LogP contribution in [-0.4, -0.2) is 40.9 Å². The van der Waals surface area contributed by atoms with Gasteiger partial charge in [0.05, 0.1) is 0 Å². The maximum absolute atomic E-state index is 12.8. The third-order valence-corrected chi connectivity index (χ3v) is 7.08. The highest BCUT2D eigenvalue weighted by Crippen LogP contribution is 2.40. The number of Topliss-reactive ketones (excluding diaryl/α,β-unsaturated/α-hetero) is 1. The SMILES string of the molecule is C[C@H](CC(=O)c1cc(C2CC2)on1)C1CCN(C(=O)C2CCC(N)CC2)CC1. The van der Waals surface area contributed by atoms with Crippen molar-refractivity contribution < 1.29 is 14.1 Å². The Hall–Kier alpha value is -1.69. The number of likely N-dealkylation sites (tertiary alicyclic amines) is 1. The molecule has 1 aromatic heterocycles. The normalized spacial score (nSPS) is 27.6. The highest BCUT2D eigenvalue weighted by molar-refractivity contribution is 5.94. The third kappa shape index (κ3) is 4.48. The summed E-state index contributed by atoms with van der Waals surface area (Å²) < 4.78 is 5.32. The molecule has 4 rings (SSSR count). The summed E-state index contributed by atoms with van der Waals surface area (Å²) in [6, 6.07) is 2.11. The summed E-state index contributed by atoms with van der Waals surface area (Å²) in [7, 11) is 0. The van der Waals surface area contributed by atoms with Crippen LogP contribution < -0.4 is 5.73 Å². The van der Waals surface area contributed by atoms with Gasteiger partial charge in [0.15, 0.2) is 5.78 Å². The van der Waals surface area contributed by atoms with E-state index in [1.165, 1.54) is 0 Å². The Morgan fingerprint density at radius 1 is 1.14 bits per heavy atom. The molecule has 1 atom stereocenters. The van der Waals surface area contributed by atoms with Gasteiger partial charge in [-0.05, 0) is 63.2 Å². The maximum Gasteiger partial charge on any atom is 0.225 e. The minimum absolute atomic E-state index is 0.0835. The molecule has 3 fully saturated rings. The van der Waals surface area contributed by atoms with E-state index in [0.29, 0.717) is 35.8 Å². The molecule has 1 aliphatic heterocycles. The lowest BCUT2D eigenvalue weighted by atomic mass is 9.81. The summed E-state index contributed by atoms with van der Waals surface area (Å²) in [5.41, 5.74) is 6.45. The quantitative estimate of drug-likeness (QED) is 0.755. The third-order valence-electron chi connectivity index (χ3n) is 7.08. The van der Waals surface area contributed by atoms with Gasteiger partial charge < -0.3 is 15.2 Å². The largest absolute Gasteiger partial charge is 0.360 e. The van der Waals surface area contributed by atoms with E-state index in [2.05, 4.69) is 12.1 Å². The molecule has 6 heteroatoms. The van der Waals surface area contributed by atoms with Gasteiger partial charge in [0, 0.05) is 43.5 Å². The molecule has 1 amide bonds. The van der Waals surface area contributed by atoms with Crippen LogP contribution in [0.3, 0.4) is 0 Å². The van der Waals surface area contributed by atoms with Crippen molar-refractivity contribution in [2.24, 2.45) is 23.5 Å². The number of nitrogens with zero attached hydrogens (tertiary/aromatic N) is 2. The van der Waals surface area contributed by atoms with Crippen LogP contribution in [0.4, 0.5) is 0 Å². The molecule has 0 radical (unpaired) electrons. The Morgan fingerprint density at radius 3 is 2.46 bits per heavy atom. The van der Waals surface area contributed by atoms with Crippen molar-refractivity contribution in [3.63, 3.8) is 0 Å². The fourth-order valence-corrected chi connectivity index (χ4v) is 4.86. The zero-order chi connectivity index (χ0) is 19.7. The van der Waals surface area contributed by atoms with Crippen LogP contribution in [0, 0.1) is 17.8 Å². The van der Waals surface area contributed by atoms with E-state index in [-0.39, 0.29) is 17.7 Å². The van der Waals surface area contributed by atoms with Crippen molar-refractivity contribution in [3.05, 3.63) is 17.5 Å². The lowest BCUT2D eigenvalue weighted by Crippen LogP contribution is -2.44. The molecule has 3 aliphatic rings. The molecule has 0 aromatic carbocycles. The van der Waals surface area contributed by atoms with Crippen LogP contribution in [-0.2, 0) is 4.79 Å². The number of piperidine rings is 1. The average molecular weight is 388 g/mol. The molecule has 2 aliphatic carbocycles. The number of amides is 1. The number of hydrogen-bond donors (Lipinski definition) is 1. The number of hydrogen-bond acceptors (Lipinski definition) is 5. The van der Waals surface area contributed by atoms with Crippen molar-refractivity contribution in [3.8, 4) is 0 Å². The van der Waals surface area contributed by atoms with Gasteiger partial charge in [-0.2, -0.15) is 0 Å². The summed E-state index contributed by atoms with van der Waals surface area (Å²) >= 11 is 0. The number of aromatic nitrogens is 1. The molecule has 1 aromatic rings. The molecule has 0 spiro atoms. The Kier molecular flexibility index (Phi) is 5.85. The predicted molar refractivity (Wildman–Crippen MR) is 106 cm³/mol.